The molecule has 1 amide bonds. The molecule has 0 bridgehead atoms. The van der Waals surface area contributed by atoms with E-state index in [1.165, 1.54) is 10.4 Å². The Balaban J connectivity index is 1.56. The van der Waals surface area contributed by atoms with Crippen molar-refractivity contribution < 1.29 is 9.90 Å². The molecule has 1 aromatic heterocycles. The standard InChI is InChI=1S/C14H20N2O2S/c17-12-2-1-5-15(9-12)10-14(18)16-6-3-13-11(8-16)4-7-19-13/h4,7,12,17H,1-3,5-6,8-10H2/t12-/m1/s1. The highest BCUT2D eigenvalue weighted by Crippen LogP contribution is 2.24. The Hall–Kier alpha value is -0.910. The lowest BCUT2D eigenvalue weighted by atomic mass is 10.1. The summed E-state index contributed by atoms with van der Waals surface area (Å²) in [6.45, 7) is 3.62. The zero-order valence-electron chi connectivity index (χ0n) is 11.0. The molecule has 2 aliphatic heterocycles. The van der Waals surface area contributed by atoms with E-state index in [1.807, 2.05) is 4.90 Å². The summed E-state index contributed by atoms with van der Waals surface area (Å²) in [6, 6.07) is 2.13. The minimum atomic E-state index is -0.258. The maximum Gasteiger partial charge on any atom is 0.237 e. The maximum absolute atomic E-state index is 12.3. The van der Waals surface area contributed by atoms with E-state index >= 15 is 0 Å². The second-order valence-electron chi connectivity index (χ2n) is 5.47. The minimum Gasteiger partial charge on any atom is -0.392 e. The zero-order valence-corrected chi connectivity index (χ0v) is 11.9. The van der Waals surface area contributed by atoms with Crippen molar-refractivity contribution in [1.82, 2.24) is 9.80 Å². The average Bonchev–Trinajstić information content (AvgIpc) is 2.85. The Bertz CT molecular complexity index is 460. The Morgan fingerprint density at radius 1 is 1.47 bits per heavy atom. The number of nitrogens with zero attached hydrogens (tertiary/aromatic N) is 2. The van der Waals surface area contributed by atoms with E-state index in [1.54, 1.807) is 11.3 Å². The largest absolute Gasteiger partial charge is 0.392 e. The fourth-order valence-electron chi connectivity index (χ4n) is 2.93. The fraction of sp³-hybridized carbons (Fsp3) is 0.643. The molecule has 2 aliphatic rings. The molecule has 5 heteroatoms. The Morgan fingerprint density at radius 3 is 3.21 bits per heavy atom. The molecule has 1 aromatic rings. The second-order valence-corrected chi connectivity index (χ2v) is 6.47. The molecule has 0 aliphatic carbocycles. The molecule has 1 N–H and O–H groups in total. The third-order valence-corrected chi connectivity index (χ3v) is 5.02. The van der Waals surface area contributed by atoms with Crippen molar-refractivity contribution in [3.8, 4) is 0 Å². The molecule has 0 unspecified atom stereocenters. The van der Waals surface area contributed by atoms with Crippen molar-refractivity contribution in [2.24, 2.45) is 0 Å². The van der Waals surface area contributed by atoms with Gasteiger partial charge in [0, 0.05) is 24.5 Å². The van der Waals surface area contributed by atoms with Gasteiger partial charge in [-0.3, -0.25) is 9.69 Å². The molecule has 1 saturated heterocycles. The third kappa shape index (κ3) is 2.99. The van der Waals surface area contributed by atoms with E-state index in [9.17, 15) is 9.90 Å². The lowest BCUT2D eigenvalue weighted by Gasteiger charge is -2.33. The first-order chi connectivity index (χ1) is 9.22. The number of fused-ring (bicyclic) bond motifs is 1. The van der Waals surface area contributed by atoms with Gasteiger partial charge in [0.05, 0.1) is 12.6 Å². The van der Waals surface area contributed by atoms with Crippen LogP contribution in [0.5, 0.6) is 0 Å². The van der Waals surface area contributed by atoms with Gasteiger partial charge in [0.15, 0.2) is 0 Å². The molecule has 0 saturated carbocycles. The summed E-state index contributed by atoms with van der Waals surface area (Å²) in [4.78, 5) is 17.8. The lowest BCUT2D eigenvalue weighted by Crippen LogP contribution is -2.46. The number of carbonyl (C=O) groups excluding carboxylic acids is 1. The van der Waals surface area contributed by atoms with E-state index in [-0.39, 0.29) is 12.0 Å². The summed E-state index contributed by atoms with van der Waals surface area (Å²) < 4.78 is 0. The van der Waals surface area contributed by atoms with E-state index in [0.29, 0.717) is 13.1 Å². The fourth-order valence-corrected chi connectivity index (χ4v) is 3.82. The monoisotopic (exact) mass is 280 g/mol. The number of carbonyl (C=O) groups is 1. The van der Waals surface area contributed by atoms with E-state index in [2.05, 4.69) is 16.3 Å². The number of hydrogen-bond donors (Lipinski definition) is 1. The minimum absolute atomic E-state index is 0.200. The summed E-state index contributed by atoms with van der Waals surface area (Å²) in [6.07, 6.45) is 2.59. The van der Waals surface area contributed by atoms with Crippen molar-refractivity contribution in [2.75, 3.05) is 26.2 Å². The number of hydrogen-bond acceptors (Lipinski definition) is 4. The maximum atomic E-state index is 12.3. The van der Waals surface area contributed by atoms with Crippen molar-refractivity contribution >= 4 is 17.2 Å². The van der Waals surface area contributed by atoms with Crippen molar-refractivity contribution in [3.63, 3.8) is 0 Å². The van der Waals surface area contributed by atoms with Gasteiger partial charge in [-0.25, -0.2) is 0 Å². The van der Waals surface area contributed by atoms with Crippen LogP contribution in [0.1, 0.15) is 23.3 Å². The van der Waals surface area contributed by atoms with Crippen LogP contribution in [0.4, 0.5) is 0 Å². The van der Waals surface area contributed by atoms with Crippen LogP contribution < -0.4 is 0 Å². The van der Waals surface area contributed by atoms with Gasteiger partial charge < -0.3 is 10.0 Å². The number of rotatable bonds is 2. The summed E-state index contributed by atoms with van der Waals surface area (Å²) in [7, 11) is 0. The van der Waals surface area contributed by atoms with E-state index in [4.69, 9.17) is 0 Å². The predicted octanol–water partition coefficient (Wildman–Crippen LogP) is 1.09. The third-order valence-electron chi connectivity index (χ3n) is 4.00. The van der Waals surface area contributed by atoms with Gasteiger partial charge in [-0.05, 0) is 42.8 Å². The second kappa shape index (κ2) is 5.61. The van der Waals surface area contributed by atoms with Crippen LogP contribution in [-0.2, 0) is 17.8 Å². The first-order valence-corrected chi connectivity index (χ1v) is 7.84. The van der Waals surface area contributed by atoms with Gasteiger partial charge in [0.1, 0.15) is 0 Å². The lowest BCUT2D eigenvalue weighted by molar-refractivity contribution is -0.134. The first kappa shape index (κ1) is 13.1. The first-order valence-electron chi connectivity index (χ1n) is 6.96. The number of amides is 1. The van der Waals surface area contributed by atoms with Gasteiger partial charge in [0.2, 0.25) is 5.91 Å². The van der Waals surface area contributed by atoms with Crippen LogP contribution in [0, 0.1) is 0 Å². The molecule has 1 atom stereocenters. The number of aliphatic hydroxyl groups excluding tert-OH is 1. The molecule has 3 rings (SSSR count). The van der Waals surface area contributed by atoms with Crippen LogP contribution in [0.3, 0.4) is 0 Å². The molecule has 4 nitrogen and oxygen atoms in total. The van der Waals surface area contributed by atoms with E-state index < -0.39 is 0 Å². The summed E-state index contributed by atoms with van der Waals surface area (Å²) in [5, 5.41) is 11.8. The normalized spacial score (nSPS) is 24.3. The molecular weight excluding hydrogens is 260 g/mol. The summed E-state index contributed by atoms with van der Waals surface area (Å²) in [5.74, 6) is 0.200. The Kier molecular flexibility index (Phi) is 3.86. The smallest absolute Gasteiger partial charge is 0.237 e. The summed E-state index contributed by atoms with van der Waals surface area (Å²) in [5.41, 5.74) is 1.31. The Labute approximate surface area is 117 Å². The van der Waals surface area contributed by atoms with Gasteiger partial charge >= 0.3 is 0 Å². The van der Waals surface area contributed by atoms with Gasteiger partial charge in [-0.1, -0.05) is 0 Å². The topological polar surface area (TPSA) is 43.8 Å². The van der Waals surface area contributed by atoms with Gasteiger partial charge in [-0.2, -0.15) is 0 Å². The SMILES string of the molecule is O=C(CN1CCC[C@@H](O)C1)N1CCc2sccc2C1. The Morgan fingerprint density at radius 2 is 2.37 bits per heavy atom. The average molecular weight is 280 g/mol. The molecule has 0 aromatic carbocycles. The molecule has 1 fully saturated rings. The highest BCUT2D eigenvalue weighted by molar-refractivity contribution is 7.10. The number of β-amino-alcohol motifs (C(OH)–C–C–N with tert-alkyl or cyclic N) is 1. The molecule has 0 radical (unpaired) electrons. The number of likely N-dealkylation sites (tertiary alicyclic amines) is 1. The zero-order chi connectivity index (χ0) is 13.2. The van der Waals surface area contributed by atoms with Gasteiger partial charge in [-0.15, -0.1) is 11.3 Å². The number of thiophene rings is 1. The van der Waals surface area contributed by atoms with E-state index in [0.717, 1.165) is 38.9 Å². The highest BCUT2D eigenvalue weighted by Gasteiger charge is 2.25. The van der Waals surface area contributed by atoms with Crippen molar-refractivity contribution in [2.45, 2.75) is 31.9 Å². The van der Waals surface area contributed by atoms with Crippen LogP contribution in [0.2, 0.25) is 0 Å². The van der Waals surface area contributed by atoms with Crippen LogP contribution in [0.15, 0.2) is 11.4 Å². The number of aliphatic hydroxyl groups is 1. The molecular formula is C14H20N2O2S. The van der Waals surface area contributed by atoms with Gasteiger partial charge in [0.25, 0.3) is 0 Å². The molecule has 19 heavy (non-hydrogen) atoms. The predicted molar refractivity (Wildman–Crippen MR) is 75.1 cm³/mol. The molecule has 0 spiro atoms. The molecule has 104 valence electrons. The number of piperidine rings is 1. The highest BCUT2D eigenvalue weighted by atomic mass is 32.1. The van der Waals surface area contributed by atoms with Crippen molar-refractivity contribution in [3.05, 3.63) is 21.9 Å². The summed E-state index contributed by atoms with van der Waals surface area (Å²) >= 11 is 1.79. The van der Waals surface area contributed by atoms with Crippen LogP contribution >= 0.6 is 11.3 Å². The van der Waals surface area contributed by atoms with Crippen LogP contribution in [-0.4, -0.2) is 53.1 Å². The quantitative estimate of drug-likeness (QED) is 0.882. The van der Waals surface area contributed by atoms with Crippen molar-refractivity contribution in [1.29, 1.82) is 0 Å². The molecule has 3 heterocycles. The van der Waals surface area contributed by atoms with Crippen LogP contribution in [0.25, 0.3) is 0 Å².